The average molecular weight is 168 g/mol. The van der Waals surface area contributed by atoms with E-state index in [4.69, 9.17) is 14.7 Å². The van der Waals surface area contributed by atoms with Gasteiger partial charge in [0, 0.05) is 19.6 Å². The highest BCUT2D eigenvalue weighted by Gasteiger charge is 2.39. The van der Waals surface area contributed by atoms with Crippen LogP contribution in [0.4, 0.5) is 0 Å². The Morgan fingerprint density at radius 3 is 3.00 bits per heavy atom. The maximum atomic E-state index is 8.60. The SMILES string of the molecule is N#CC1COC2(CCOC2)CN1. The molecule has 0 aliphatic carbocycles. The van der Waals surface area contributed by atoms with Gasteiger partial charge in [0.05, 0.1) is 19.3 Å². The van der Waals surface area contributed by atoms with Gasteiger partial charge >= 0.3 is 0 Å². The van der Waals surface area contributed by atoms with Gasteiger partial charge in [-0.15, -0.1) is 0 Å². The summed E-state index contributed by atoms with van der Waals surface area (Å²) in [7, 11) is 0. The highest BCUT2D eigenvalue weighted by molar-refractivity contribution is 4.99. The summed E-state index contributed by atoms with van der Waals surface area (Å²) in [6.45, 7) is 2.67. The maximum absolute atomic E-state index is 8.60. The van der Waals surface area contributed by atoms with Crippen molar-refractivity contribution in [1.82, 2.24) is 5.32 Å². The van der Waals surface area contributed by atoms with Gasteiger partial charge in [0.1, 0.15) is 11.6 Å². The molecule has 0 bridgehead atoms. The Morgan fingerprint density at radius 2 is 2.50 bits per heavy atom. The Hall–Kier alpha value is -0.630. The molecule has 0 radical (unpaired) electrons. The second-order valence-corrected chi connectivity index (χ2v) is 3.36. The average Bonchev–Trinajstić information content (AvgIpc) is 2.55. The van der Waals surface area contributed by atoms with Gasteiger partial charge in [-0.25, -0.2) is 0 Å². The highest BCUT2D eigenvalue weighted by Crippen LogP contribution is 2.25. The van der Waals surface area contributed by atoms with Gasteiger partial charge in [-0.3, -0.25) is 5.32 Å². The molecule has 66 valence electrons. The predicted molar refractivity (Wildman–Crippen MR) is 41.5 cm³/mol. The van der Waals surface area contributed by atoms with Crippen LogP contribution in [0.2, 0.25) is 0 Å². The first-order chi connectivity index (χ1) is 5.85. The van der Waals surface area contributed by atoms with Gasteiger partial charge in [0.25, 0.3) is 0 Å². The van der Waals surface area contributed by atoms with E-state index >= 15 is 0 Å². The lowest BCUT2D eigenvalue weighted by Gasteiger charge is -2.34. The quantitative estimate of drug-likeness (QED) is 0.537. The van der Waals surface area contributed by atoms with Crippen LogP contribution in [0.15, 0.2) is 0 Å². The van der Waals surface area contributed by atoms with Crippen LogP contribution >= 0.6 is 0 Å². The van der Waals surface area contributed by atoms with Crippen LogP contribution in [0.25, 0.3) is 0 Å². The molecule has 0 saturated carbocycles. The zero-order valence-corrected chi connectivity index (χ0v) is 6.88. The molecule has 1 spiro atoms. The Balaban J connectivity index is 1.93. The molecule has 0 aromatic heterocycles. The lowest BCUT2D eigenvalue weighted by Crippen LogP contribution is -2.54. The number of nitriles is 1. The first-order valence-corrected chi connectivity index (χ1v) is 4.19. The van der Waals surface area contributed by atoms with Crippen LogP contribution in [-0.2, 0) is 9.47 Å². The van der Waals surface area contributed by atoms with Crippen LogP contribution in [0.3, 0.4) is 0 Å². The summed E-state index contributed by atoms with van der Waals surface area (Å²) in [6.07, 6.45) is 0.943. The molecule has 2 saturated heterocycles. The Morgan fingerprint density at radius 1 is 1.58 bits per heavy atom. The number of hydrogen-bond acceptors (Lipinski definition) is 4. The molecule has 2 fully saturated rings. The normalized spacial score (nSPS) is 41.4. The molecule has 12 heavy (non-hydrogen) atoms. The third-order valence-corrected chi connectivity index (χ3v) is 2.45. The summed E-state index contributed by atoms with van der Waals surface area (Å²) in [6, 6.07) is 1.99. The Labute approximate surface area is 71.5 Å². The number of hydrogen-bond donors (Lipinski definition) is 1. The largest absolute Gasteiger partial charge is 0.378 e. The zero-order chi connectivity index (χ0) is 8.44. The molecular weight excluding hydrogens is 156 g/mol. The molecule has 0 aromatic carbocycles. The van der Waals surface area contributed by atoms with E-state index < -0.39 is 0 Å². The molecular formula is C8H12N2O2. The molecule has 2 heterocycles. The molecule has 4 nitrogen and oxygen atoms in total. The van der Waals surface area contributed by atoms with Gasteiger partial charge in [-0.1, -0.05) is 0 Å². The van der Waals surface area contributed by atoms with Gasteiger partial charge in [0.2, 0.25) is 0 Å². The van der Waals surface area contributed by atoms with E-state index in [0.717, 1.165) is 19.6 Å². The number of nitrogens with zero attached hydrogens (tertiary/aromatic N) is 1. The summed E-state index contributed by atoms with van der Waals surface area (Å²) in [5.41, 5.74) is -0.132. The fourth-order valence-corrected chi connectivity index (χ4v) is 1.60. The molecule has 0 aromatic rings. The van der Waals surface area contributed by atoms with Crippen molar-refractivity contribution in [2.75, 3.05) is 26.4 Å². The van der Waals surface area contributed by atoms with Crippen molar-refractivity contribution in [3.05, 3.63) is 0 Å². The second-order valence-electron chi connectivity index (χ2n) is 3.36. The Bertz CT molecular complexity index is 196. The summed E-state index contributed by atoms with van der Waals surface area (Å²) in [5, 5.41) is 11.7. The fourth-order valence-electron chi connectivity index (χ4n) is 1.60. The summed E-state index contributed by atoms with van der Waals surface area (Å²) in [5.74, 6) is 0. The van der Waals surface area contributed by atoms with Crippen molar-refractivity contribution in [3.63, 3.8) is 0 Å². The molecule has 1 N–H and O–H groups in total. The van der Waals surface area contributed by atoms with Crippen LogP contribution < -0.4 is 5.32 Å². The third kappa shape index (κ3) is 1.31. The van der Waals surface area contributed by atoms with Crippen LogP contribution in [0, 0.1) is 11.3 Å². The number of rotatable bonds is 0. The standard InChI is InChI=1S/C8H12N2O2/c9-3-7-4-12-8(5-10-7)1-2-11-6-8/h7,10H,1-2,4-6H2. The first kappa shape index (κ1) is 7.99. The molecule has 0 amide bonds. The van der Waals surface area contributed by atoms with Gasteiger partial charge < -0.3 is 9.47 Å². The summed E-state index contributed by atoms with van der Waals surface area (Å²) in [4.78, 5) is 0. The molecule has 2 rings (SSSR count). The topological polar surface area (TPSA) is 54.3 Å². The number of nitrogens with one attached hydrogen (secondary N) is 1. The van der Waals surface area contributed by atoms with E-state index in [9.17, 15) is 0 Å². The maximum Gasteiger partial charge on any atom is 0.119 e. The third-order valence-electron chi connectivity index (χ3n) is 2.45. The predicted octanol–water partition coefficient (Wildman–Crippen LogP) is -0.343. The molecule has 4 heteroatoms. The zero-order valence-electron chi connectivity index (χ0n) is 6.88. The highest BCUT2D eigenvalue weighted by atomic mass is 16.6. The molecule has 2 aliphatic heterocycles. The minimum absolute atomic E-state index is 0.132. The van der Waals surface area contributed by atoms with Crippen molar-refractivity contribution in [1.29, 1.82) is 5.26 Å². The van der Waals surface area contributed by atoms with Crippen molar-refractivity contribution in [3.8, 4) is 6.07 Å². The van der Waals surface area contributed by atoms with E-state index in [0.29, 0.717) is 13.2 Å². The van der Waals surface area contributed by atoms with Crippen LogP contribution in [0.1, 0.15) is 6.42 Å². The van der Waals surface area contributed by atoms with E-state index in [1.54, 1.807) is 0 Å². The lowest BCUT2D eigenvalue weighted by atomic mass is 10.0. The summed E-state index contributed by atoms with van der Waals surface area (Å²) >= 11 is 0. The van der Waals surface area contributed by atoms with Crippen molar-refractivity contribution >= 4 is 0 Å². The van der Waals surface area contributed by atoms with Gasteiger partial charge in [0.15, 0.2) is 0 Å². The number of ether oxygens (including phenoxy) is 2. The van der Waals surface area contributed by atoms with E-state index in [1.165, 1.54) is 0 Å². The number of morpholine rings is 1. The molecule has 2 unspecified atom stereocenters. The fraction of sp³-hybridized carbons (Fsp3) is 0.875. The van der Waals surface area contributed by atoms with Crippen molar-refractivity contribution in [2.45, 2.75) is 18.1 Å². The first-order valence-electron chi connectivity index (χ1n) is 4.19. The van der Waals surface area contributed by atoms with Gasteiger partial charge in [-0.05, 0) is 0 Å². The van der Waals surface area contributed by atoms with Crippen molar-refractivity contribution < 1.29 is 9.47 Å². The van der Waals surface area contributed by atoms with E-state index in [2.05, 4.69) is 11.4 Å². The smallest absolute Gasteiger partial charge is 0.119 e. The van der Waals surface area contributed by atoms with E-state index in [1.807, 2.05) is 0 Å². The molecule has 2 aliphatic rings. The van der Waals surface area contributed by atoms with Crippen LogP contribution in [-0.4, -0.2) is 38.0 Å². The van der Waals surface area contributed by atoms with E-state index in [-0.39, 0.29) is 11.6 Å². The Kier molecular flexibility index (Phi) is 2.01. The monoisotopic (exact) mass is 168 g/mol. The van der Waals surface area contributed by atoms with Gasteiger partial charge in [-0.2, -0.15) is 5.26 Å². The second kappa shape index (κ2) is 3.02. The minimum Gasteiger partial charge on any atom is -0.378 e. The lowest BCUT2D eigenvalue weighted by molar-refractivity contribution is -0.0765. The van der Waals surface area contributed by atoms with Crippen LogP contribution in [0.5, 0.6) is 0 Å². The minimum atomic E-state index is -0.142. The summed E-state index contributed by atoms with van der Waals surface area (Å²) < 4.78 is 10.9. The molecule has 2 atom stereocenters. The van der Waals surface area contributed by atoms with Crippen molar-refractivity contribution in [2.24, 2.45) is 0 Å².